The zero-order chi connectivity index (χ0) is 11.8. The highest BCUT2D eigenvalue weighted by atomic mass is 32.2. The predicted molar refractivity (Wildman–Crippen MR) is 69.1 cm³/mol. The van der Waals surface area contributed by atoms with Gasteiger partial charge in [0.1, 0.15) is 0 Å². The topological polar surface area (TPSA) is 40.5 Å². The van der Waals surface area contributed by atoms with E-state index in [1.54, 1.807) is 0 Å². The van der Waals surface area contributed by atoms with Crippen LogP contribution in [-0.2, 0) is 4.79 Å². The molecule has 1 saturated carbocycles. The van der Waals surface area contributed by atoms with Gasteiger partial charge in [-0.15, -0.1) is 0 Å². The molecule has 0 amide bonds. The van der Waals surface area contributed by atoms with Crippen molar-refractivity contribution in [2.75, 3.05) is 24.6 Å². The maximum atomic E-state index is 10.8. The molecule has 0 bridgehead atoms. The van der Waals surface area contributed by atoms with Crippen molar-refractivity contribution in [3.05, 3.63) is 0 Å². The standard InChI is InChI=1S/C12H23NO2S/c1-2-16-9-5-8-13(10-12(14)15)11-6-3-4-7-11/h11H,2-10H2,1H3,(H,14,15). The van der Waals surface area contributed by atoms with Gasteiger partial charge < -0.3 is 5.11 Å². The second kappa shape index (κ2) is 7.96. The Morgan fingerprint density at radius 1 is 1.44 bits per heavy atom. The van der Waals surface area contributed by atoms with Gasteiger partial charge in [0, 0.05) is 6.04 Å². The summed E-state index contributed by atoms with van der Waals surface area (Å²) in [4.78, 5) is 13.0. The van der Waals surface area contributed by atoms with Gasteiger partial charge in [-0.05, 0) is 37.3 Å². The highest BCUT2D eigenvalue weighted by Crippen LogP contribution is 2.23. The van der Waals surface area contributed by atoms with Crippen LogP contribution in [0.1, 0.15) is 39.0 Å². The monoisotopic (exact) mass is 245 g/mol. The van der Waals surface area contributed by atoms with Crippen LogP contribution in [0.2, 0.25) is 0 Å². The molecule has 4 heteroatoms. The van der Waals surface area contributed by atoms with Crippen LogP contribution in [0.15, 0.2) is 0 Å². The Morgan fingerprint density at radius 2 is 2.12 bits per heavy atom. The summed E-state index contributed by atoms with van der Waals surface area (Å²) in [7, 11) is 0. The summed E-state index contributed by atoms with van der Waals surface area (Å²) < 4.78 is 0. The van der Waals surface area contributed by atoms with Crippen molar-refractivity contribution in [3.8, 4) is 0 Å². The molecule has 1 aliphatic carbocycles. The third kappa shape index (κ3) is 5.21. The van der Waals surface area contributed by atoms with Crippen molar-refractivity contribution < 1.29 is 9.90 Å². The first-order valence-corrected chi connectivity index (χ1v) is 7.43. The Morgan fingerprint density at radius 3 is 2.69 bits per heavy atom. The van der Waals surface area contributed by atoms with Crippen LogP contribution in [0, 0.1) is 0 Å². The average molecular weight is 245 g/mol. The van der Waals surface area contributed by atoms with Gasteiger partial charge in [-0.3, -0.25) is 9.69 Å². The van der Waals surface area contributed by atoms with Crippen molar-refractivity contribution in [2.24, 2.45) is 0 Å². The van der Waals surface area contributed by atoms with Crippen LogP contribution in [0.3, 0.4) is 0 Å². The zero-order valence-corrected chi connectivity index (χ0v) is 11.0. The van der Waals surface area contributed by atoms with Gasteiger partial charge in [0.25, 0.3) is 0 Å². The Labute approximate surface area is 103 Å². The van der Waals surface area contributed by atoms with Gasteiger partial charge in [-0.25, -0.2) is 0 Å². The molecule has 3 nitrogen and oxygen atoms in total. The minimum absolute atomic E-state index is 0.224. The maximum Gasteiger partial charge on any atom is 0.317 e. The lowest BCUT2D eigenvalue weighted by atomic mass is 10.2. The van der Waals surface area contributed by atoms with Crippen molar-refractivity contribution in [2.45, 2.75) is 45.1 Å². The van der Waals surface area contributed by atoms with Crippen molar-refractivity contribution in [1.29, 1.82) is 0 Å². The van der Waals surface area contributed by atoms with E-state index in [4.69, 9.17) is 5.11 Å². The summed E-state index contributed by atoms with van der Waals surface area (Å²) in [6, 6.07) is 0.530. The Kier molecular flexibility index (Phi) is 6.88. The van der Waals surface area contributed by atoms with Crippen LogP contribution in [0.25, 0.3) is 0 Å². The Hall–Kier alpha value is -0.220. The van der Waals surface area contributed by atoms with Crippen molar-refractivity contribution in [1.82, 2.24) is 4.90 Å². The molecule has 1 N–H and O–H groups in total. The van der Waals surface area contributed by atoms with Crippen LogP contribution >= 0.6 is 11.8 Å². The number of hydrogen-bond acceptors (Lipinski definition) is 3. The summed E-state index contributed by atoms with van der Waals surface area (Å²) in [5.74, 6) is 1.62. The highest BCUT2D eigenvalue weighted by Gasteiger charge is 2.23. The minimum atomic E-state index is -0.685. The Bertz CT molecular complexity index is 205. The van der Waals surface area contributed by atoms with Gasteiger partial charge in [0.2, 0.25) is 0 Å². The SMILES string of the molecule is CCSCCCN(CC(=O)O)C1CCCC1. The maximum absolute atomic E-state index is 10.8. The molecule has 0 spiro atoms. The van der Waals surface area contributed by atoms with Crippen LogP contribution < -0.4 is 0 Å². The van der Waals surface area contributed by atoms with E-state index in [1.165, 1.54) is 25.7 Å². The van der Waals surface area contributed by atoms with Gasteiger partial charge in [0.05, 0.1) is 6.54 Å². The van der Waals surface area contributed by atoms with E-state index in [9.17, 15) is 4.79 Å². The molecule has 0 unspecified atom stereocenters. The fraction of sp³-hybridized carbons (Fsp3) is 0.917. The smallest absolute Gasteiger partial charge is 0.317 e. The fourth-order valence-corrected chi connectivity index (χ4v) is 2.97. The molecule has 1 aliphatic rings. The van der Waals surface area contributed by atoms with Crippen LogP contribution in [0.4, 0.5) is 0 Å². The number of thioether (sulfide) groups is 1. The average Bonchev–Trinajstić information content (AvgIpc) is 2.75. The first-order chi connectivity index (χ1) is 7.74. The van der Waals surface area contributed by atoms with Crippen LogP contribution in [-0.4, -0.2) is 46.6 Å². The molecule has 1 fully saturated rings. The molecular formula is C12H23NO2S. The number of rotatable bonds is 8. The Balaban J connectivity index is 2.28. The summed E-state index contributed by atoms with van der Waals surface area (Å²) in [5.41, 5.74) is 0. The summed E-state index contributed by atoms with van der Waals surface area (Å²) in [6.07, 6.45) is 6.03. The second-order valence-corrected chi connectivity index (χ2v) is 5.75. The quantitative estimate of drug-likeness (QED) is 0.667. The molecule has 16 heavy (non-hydrogen) atoms. The first-order valence-electron chi connectivity index (χ1n) is 6.27. The molecule has 1 rings (SSSR count). The lowest BCUT2D eigenvalue weighted by molar-refractivity contribution is -0.138. The minimum Gasteiger partial charge on any atom is -0.480 e. The molecule has 94 valence electrons. The molecule has 0 aromatic rings. The molecule has 0 aromatic carbocycles. The zero-order valence-electron chi connectivity index (χ0n) is 10.2. The number of carbonyl (C=O) groups is 1. The third-order valence-corrected chi connectivity index (χ3v) is 4.10. The molecule has 0 heterocycles. The molecule has 0 atom stereocenters. The summed E-state index contributed by atoms with van der Waals surface area (Å²) in [5, 5.41) is 8.90. The van der Waals surface area contributed by atoms with E-state index in [0.29, 0.717) is 6.04 Å². The lowest BCUT2D eigenvalue weighted by Crippen LogP contribution is -2.38. The van der Waals surface area contributed by atoms with Gasteiger partial charge in [-0.1, -0.05) is 19.8 Å². The molecule has 0 radical (unpaired) electrons. The van der Waals surface area contributed by atoms with E-state index >= 15 is 0 Å². The highest BCUT2D eigenvalue weighted by molar-refractivity contribution is 7.99. The van der Waals surface area contributed by atoms with E-state index in [1.807, 2.05) is 11.8 Å². The van der Waals surface area contributed by atoms with Gasteiger partial charge in [-0.2, -0.15) is 11.8 Å². The normalized spacial score (nSPS) is 17.1. The fourth-order valence-electron chi connectivity index (χ4n) is 2.35. The molecular weight excluding hydrogens is 222 g/mol. The predicted octanol–water partition coefficient (Wildman–Crippen LogP) is 2.46. The van der Waals surface area contributed by atoms with Crippen LogP contribution in [0.5, 0.6) is 0 Å². The molecule has 0 aromatic heterocycles. The first kappa shape index (κ1) is 13.8. The largest absolute Gasteiger partial charge is 0.480 e. The van der Waals surface area contributed by atoms with E-state index in [2.05, 4.69) is 11.8 Å². The van der Waals surface area contributed by atoms with Crippen molar-refractivity contribution >= 4 is 17.7 Å². The third-order valence-electron chi connectivity index (χ3n) is 3.12. The van der Waals surface area contributed by atoms with Gasteiger partial charge >= 0.3 is 5.97 Å². The van der Waals surface area contributed by atoms with Crippen molar-refractivity contribution in [3.63, 3.8) is 0 Å². The van der Waals surface area contributed by atoms with Gasteiger partial charge in [0.15, 0.2) is 0 Å². The number of hydrogen-bond donors (Lipinski definition) is 1. The number of aliphatic carboxylic acids is 1. The number of carboxylic acids is 1. The number of carboxylic acid groups (broad SMARTS) is 1. The van der Waals surface area contributed by atoms with E-state index in [-0.39, 0.29) is 6.54 Å². The molecule has 0 aliphatic heterocycles. The lowest BCUT2D eigenvalue weighted by Gasteiger charge is -2.26. The summed E-state index contributed by atoms with van der Waals surface area (Å²) >= 11 is 1.94. The second-order valence-electron chi connectivity index (χ2n) is 4.35. The summed E-state index contributed by atoms with van der Waals surface area (Å²) in [6.45, 7) is 3.34. The number of nitrogens with zero attached hydrogens (tertiary/aromatic N) is 1. The van der Waals surface area contributed by atoms with E-state index < -0.39 is 5.97 Å². The van der Waals surface area contributed by atoms with E-state index in [0.717, 1.165) is 24.5 Å². The molecule has 0 saturated heterocycles.